The van der Waals surface area contributed by atoms with Crippen LogP contribution >= 0.6 is 0 Å². The molecular weight excluding hydrogens is 452 g/mol. The summed E-state index contributed by atoms with van der Waals surface area (Å²) in [6, 6.07) is 0. The monoisotopic (exact) mass is 488 g/mol. The van der Waals surface area contributed by atoms with Gasteiger partial charge in [-0.3, -0.25) is 0 Å². The summed E-state index contributed by atoms with van der Waals surface area (Å²) in [5, 5.41) is 39.9. The van der Waals surface area contributed by atoms with Crippen LogP contribution in [0.15, 0.2) is 11.8 Å². The summed E-state index contributed by atoms with van der Waals surface area (Å²) in [6.45, 7) is 1.26. The molecule has 0 spiro atoms. The molecule has 3 aliphatic heterocycles. The molecule has 3 fully saturated rings. The molecule has 1 aliphatic carbocycles. The molecule has 11 nitrogen and oxygen atoms in total. The number of carbonyl (C=O) groups excluding carboxylic acids is 1. The molecule has 34 heavy (non-hydrogen) atoms. The highest BCUT2D eigenvalue weighted by molar-refractivity contribution is 5.88. The minimum Gasteiger partial charge on any atom is -0.471 e. The molecule has 194 valence electrons. The van der Waals surface area contributed by atoms with E-state index in [9.17, 15) is 25.2 Å². The maximum atomic E-state index is 12.5. The molecule has 3 heterocycles. The molecule has 10 atom stereocenters. The van der Waals surface area contributed by atoms with Crippen LogP contribution in [0, 0.1) is 11.8 Å². The van der Waals surface area contributed by atoms with Gasteiger partial charge >= 0.3 is 5.97 Å². The summed E-state index contributed by atoms with van der Waals surface area (Å²) in [7, 11) is 1.30. The van der Waals surface area contributed by atoms with Crippen molar-refractivity contribution in [3.63, 3.8) is 0 Å². The van der Waals surface area contributed by atoms with Gasteiger partial charge in [-0.25, -0.2) is 4.79 Å². The number of carbonyl (C=O) groups is 1. The van der Waals surface area contributed by atoms with Gasteiger partial charge in [-0.05, 0) is 19.8 Å². The van der Waals surface area contributed by atoms with E-state index in [0.29, 0.717) is 12.0 Å². The summed E-state index contributed by atoms with van der Waals surface area (Å²) in [5.41, 5.74) is 0.341. The third kappa shape index (κ3) is 5.26. The maximum Gasteiger partial charge on any atom is 0.337 e. The predicted octanol–water partition coefficient (Wildman–Crippen LogP) is -0.0673. The minimum absolute atomic E-state index is 0.119. The number of ether oxygens (including phenoxy) is 6. The van der Waals surface area contributed by atoms with Gasteiger partial charge in [0.15, 0.2) is 12.6 Å². The van der Waals surface area contributed by atoms with Gasteiger partial charge in [0.2, 0.25) is 6.29 Å². The number of aliphatic hydroxyl groups is 4. The SMILES string of the molecule is COC(=O)C1=CO[C@@H](O[C@@H]2O[C@H](CO)[C@@H](O)[C@H](O)[C@H]2O)C2C1CC(OC1CCCCC1)O[C@H]2C. The lowest BCUT2D eigenvalue weighted by atomic mass is 9.77. The van der Waals surface area contributed by atoms with Crippen LogP contribution in [0.25, 0.3) is 0 Å². The molecule has 0 aromatic heterocycles. The number of rotatable bonds is 6. The molecule has 11 heteroatoms. The molecule has 0 radical (unpaired) electrons. The molecule has 0 aromatic rings. The molecule has 1 saturated carbocycles. The first-order valence-corrected chi connectivity index (χ1v) is 12.0. The molecule has 4 aliphatic rings. The fourth-order valence-electron chi connectivity index (χ4n) is 5.40. The lowest BCUT2D eigenvalue weighted by molar-refractivity contribution is -0.354. The predicted molar refractivity (Wildman–Crippen MR) is 114 cm³/mol. The van der Waals surface area contributed by atoms with Crippen molar-refractivity contribution in [2.45, 2.75) is 101 Å². The number of esters is 1. The normalized spacial score (nSPS) is 43.4. The van der Waals surface area contributed by atoms with Gasteiger partial charge in [-0.1, -0.05) is 19.3 Å². The molecule has 4 rings (SSSR count). The van der Waals surface area contributed by atoms with E-state index >= 15 is 0 Å². The summed E-state index contributed by atoms with van der Waals surface area (Å²) >= 11 is 0. The highest BCUT2D eigenvalue weighted by atomic mass is 16.8. The Hall–Kier alpha value is -1.31. The topological polar surface area (TPSA) is 153 Å². The lowest BCUT2D eigenvalue weighted by Crippen LogP contribution is -2.61. The lowest BCUT2D eigenvalue weighted by Gasteiger charge is -2.48. The Labute approximate surface area is 198 Å². The molecule has 4 N–H and O–H groups in total. The van der Waals surface area contributed by atoms with E-state index < -0.39 is 67.9 Å². The first-order chi connectivity index (χ1) is 16.3. The van der Waals surface area contributed by atoms with E-state index in [1.54, 1.807) is 0 Å². The first kappa shape index (κ1) is 25.8. The van der Waals surface area contributed by atoms with Crippen LogP contribution < -0.4 is 0 Å². The standard InChI is InChI=1S/C23H36O11/c1-11-17-13(8-16(31-11)32-12-6-4-3-5-7-12)14(21(28)29-2)10-30-22(17)34-23-20(27)19(26)18(25)15(9-24)33-23/h10-13,15-20,22-27H,3-9H2,1-2H3/t11-,13?,15+,16?,17?,18+,19-,20+,22-,23-/m0/s1. The van der Waals surface area contributed by atoms with Gasteiger partial charge in [0.05, 0.1) is 43.7 Å². The van der Waals surface area contributed by atoms with Crippen molar-refractivity contribution < 1.29 is 53.6 Å². The van der Waals surface area contributed by atoms with E-state index in [4.69, 9.17) is 28.4 Å². The van der Waals surface area contributed by atoms with E-state index in [1.165, 1.54) is 19.8 Å². The molecular formula is C23H36O11. The van der Waals surface area contributed by atoms with Gasteiger partial charge in [0.1, 0.15) is 24.4 Å². The van der Waals surface area contributed by atoms with Crippen molar-refractivity contribution in [1.29, 1.82) is 0 Å². The van der Waals surface area contributed by atoms with Gasteiger partial charge in [0.25, 0.3) is 0 Å². The van der Waals surface area contributed by atoms with Crippen LogP contribution in [0.4, 0.5) is 0 Å². The van der Waals surface area contributed by atoms with Gasteiger partial charge < -0.3 is 48.8 Å². The van der Waals surface area contributed by atoms with E-state index in [-0.39, 0.29) is 12.0 Å². The second-order valence-corrected chi connectivity index (χ2v) is 9.49. The van der Waals surface area contributed by atoms with Crippen molar-refractivity contribution in [3.05, 3.63) is 11.8 Å². The quantitative estimate of drug-likeness (QED) is 0.372. The first-order valence-electron chi connectivity index (χ1n) is 12.0. The Morgan fingerprint density at radius 2 is 1.76 bits per heavy atom. The number of fused-ring (bicyclic) bond motifs is 1. The molecule has 3 unspecified atom stereocenters. The Kier molecular flexibility index (Phi) is 8.47. The van der Waals surface area contributed by atoms with Crippen LogP contribution in [-0.4, -0.2) is 95.6 Å². The third-order valence-electron chi connectivity index (χ3n) is 7.30. The van der Waals surface area contributed by atoms with Crippen LogP contribution in [0.1, 0.15) is 45.4 Å². The minimum atomic E-state index is -1.58. The average molecular weight is 489 g/mol. The Morgan fingerprint density at radius 3 is 2.44 bits per heavy atom. The zero-order valence-corrected chi connectivity index (χ0v) is 19.5. The van der Waals surface area contributed by atoms with Crippen molar-refractivity contribution in [2.75, 3.05) is 13.7 Å². The zero-order valence-electron chi connectivity index (χ0n) is 19.5. The average Bonchev–Trinajstić information content (AvgIpc) is 2.84. The number of aliphatic hydroxyl groups excluding tert-OH is 4. The van der Waals surface area contributed by atoms with E-state index in [2.05, 4.69) is 0 Å². The summed E-state index contributed by atoms with van der Waals surface area (Å²) in [4.78, 5) is 12.5. The largest absolute Gasteiger partial charge is 0.471 e. The second-order valence-electron chi connectivity index (χ2n) is 9.49. The Balaban J connectivity index is 1.51. The summed E-state index contributed by atoms with van der Waals surface area (Å²) in [6.07, 6.45) is -1.88. The number of hydrogen-bond acceptors (Lipinski definition) is 11. The fraction of sp³-hybridized carbons (Fsp3) is 0.870. The van der Waals surface area contributed by atoms with Crippen LogP contribution in [0.2, 0.25) is 0 Å². The van der Waals surface area contributed by atoms with Crippen molar-refractivity contribution in [1.82, 2.24) is 0 Å². The zero-order chi connectivity index (χ0) is 24.4. The summed E-state index contributed by atoms with van der Waals surface area (Å²) < 4.78 is 34.4. The molecule has 0 amide bonds. The third-order valence-corrected chi connectivity index (χ3v) is 7.30. The summed E-state index contributed by atoms with van der Waals surface area (Å²) in [5.74, 6) is -1.36. The van der Waals surface area contributed by atoms with Gasteiger partial charge in [-0.2, -0.15) is 0 Å². The van der Waals surface area contributed by atoms with Crippen LogP contribution in [-0.2, 0) is 33.2 Å². The molecule has 0 aromatic carbocycles. The van der Waals surface area contributed by atoms with Gasteiger partial charge in [0, 0.05) is 12.3 Å². The van der Waals surface area contributed by atoms with Crippen LogP contribution in [0.5, 0.6) is 0 Å². The Morgan fingerprint density at radius 1 is 1.03 bits per heavy atom. The van der Waals surface area contributed by atoms with E-state index in [0.717, 1.165) is 25.7 Å². The van der Waals surface area contributed by atoms with Gasteiger partial charge in [-0.15, -0.1) is 0 Å². The molecule has 2 saturated heterocycles. The van der Waals surface area contributed by atoms with Crippen molar-refractivity contribution >= 4 is 5.97 Å². The van der Waals surface area contributed by atoms with E-state index in [1.807, 2.05) is 6.92 Å². The van der Waals surface area contributed by atoms with Crippen molar-refractivity contribution in [2.24, 2.45) is 11.8 Å². The number of methoxy groups -OCH3 is 1. The molecule has 0 bridgehead atoms. The van der Waals surface area contributed by atoms with Crippen LogP contribution in [0.3, 0.4) is 0 Å². The Bertz CT molecular complexity index is 722. The smallest absolute Gasteiger partial charge is 0.337 e. The highest BCUT2D eigenvalue weighted by Crippen LogP contribution is 2.44. The van der Waals surface area contributed by atoms with Crippen molar-refractivity contribution in [3.8, 4) is 0 Å². The fourth-order valence-corrected chi connectivity index (χ4v) is 5.40. The maximum absolute atomic E-state index is 12.5. The second kappa shape index (κ2) is 11.2. The highest BCUT2D eigenvalue weighted by Gasteiger charge is 2.52. The number of hydrogen-bond donors (Lipinski definition) is 4.